The summed E-state index contributed by atoms with van der Waals surface area (Å²) in [6, 6.07) is -3.98. The first-order chi connectivity index (χ1) is 12.7. The van der Waals surface area contributed by atoms with Crippen LogP contribution in [-0.4, -0.2) is 71.0 Å². The van der Waals surface area contributed by atoms with E-state index in [-0.39, 0.29) is 17.9 Å². The Morgan fingerprint density at radius 1 is 0.889 bits per heavy atom. The number of amides is 3. The van der Waals surface area contributed by atoms with Crippen LogP contribution in [0.3, 0.4) is 0 Å². The van der Waals surface area contributed by atoms with Gasteiger partial charge in [-0.05, 0) is 32.7 Å². The van der Waals surface area contributed by atoms with Crippen LogP contribution in [0.4, 0.5) is 0 Å². The fourth-order valence-corrected chi connectivity index (χ4v) is 2.50. The van der Waals surface area contributed by atoms with Crippen molar-refractivity contribution < 1.29 is 24.3 Å². The summed E-state index contributed by atoms with van der Waals surface area (Å²) in [5.41, 5.74) is 10.8. The minimum atomic E-state index is -1.18. The topological polar surface area (TPSA) is 177 Å². The highest BCUT2D eigenvalue weighted by Crippen LogP contribution is 2.02. The summed E-state index contributed by atoms with van der Waals surface area (Å²) in [6.45, 7) is 1.89. The Morgan fingerprint density at radius 2 is 1.33 bits per heavy atom. The van der Waals surface area contributed by atoms with Gasteiger partial charge in [-0.2, -0.15) is 25.3 Å². The van der Waals surface area contributed by atoms with E-state index in [1.165, 1.54) is 6.92 Å². The van der Waals surface area contributed by atoms with Gasteiger partial charge < -0.3 is 32.5 Å². The Morgan fingerprint density at radius 3 is 1.70 bits per heavy atom. The largest absolute Gasteiger partial charge is 0.480 e. The summed E-state index contributed by atoms with van der Waals surface area (Å²) >= 11 is 8.03. The van der Waals surface area contributed by atoms with E-state index in [0.29, 0.717) is 19.4 Å². The van der Waals surface area contributed by atoms with Crippen molar-refractivity contribution in [3.63, 3.8) is 0 Å². The molecule has 0 aliphatic heterocycles. The van der Waals surface area contributed by atoms with E-state index in [9.17, 15) is 24.3 Å². The molecular weight excluding hydrogens is 394 g/mol. The SMILES string of the molecule is CC(N)C(=O)NC(CS)C(=O)NC(CS)C(=O)NC(CCCCN)C(=O)O. The first kappa shape index (κ1) is 25.5. The number of carboxylic acid groups (broad SMARTS) is 1. The Balaban J connectivity index is 4.87. The molecule has 0 aromatic carbocycles. The summed E-state index contributed by atoms with van der Waals surface area (Å²) < 4.78 is 0. The molecule has 156 valence electrons. The van der Waals surface area contributed by atoms with Crippen LogP contribution >= 0.6 is 25.3 Å². The van der Waals surface area contributed by atoms with Crippen molar-refractivity contribution >= 4 is 48.9 Å². The molecule has 0 spiro atoms. The number of aliphatic carboxylic acids is 1. The molecule has 0 aromatic rings. The number of nitrogens with two attached hydrogens (primary N) is 2. The van der Waals surface area contributed by atoms with E-state index < -0.39 is 47.9 Å². The van der Waals surface area contributed by atoms with Crippen molar-refractivity contribution in [2.24, 2.45) is 11.5 Å². The van der Waals surface area contributed by atoms with E-state index in [4.69, 9.17) is 11.5 Å². The normalized spacial score (nSPS) is 15.1. The van der Waals surface area contributed by atoms with Gasteiger partial charge in [0.05, 0.1) is 6.04 Å². The van der Waals surface area contributed by atoms with E-state index in [1.807, 2.05) is 0 Å². The van der Waals surface area contributed by atoms with E-state index >= 15 is 0 Å². The number of hydrogen-bond donors (Lipinski definition) is 8. The lowest BCUT2D eigenvalue weighted by atomic mass is 10.1. The van der Waals surface area contributed by atoms with Gasteiger partial charge in [-0.3, -0.25) is 14.4 Å². The van der Waals surface area contributed by atoms with E-state index in [0.717, 1.165) is 0 Å². The summed E-state index contributed by atoms with van der Waals surface area (Å²) in [7, 11) is 0. The monoisotopic (exact) mass is 423 g/mol. The first-order valence-electron chi connectivity index (χ1n) is 8.49. The van der Waals surface area contributed by atoms with Crippen LogP contribution in [0.2, 0.25) is 0 Å². The highest BCUT2D eigenvalue weighted by atomic mass is 32.1. The van der Waals surface area contributed by atoms with Crippen molar-refractivity contribution in [2.45, 2.75) is 50.4 Å². The second-order valence-electron chi connectivity index (χ2n) is 5.96. The highest BCUT2D eigenvalue weighted by Gasteiger charge is 2.28. The van der Waals surface area contributed by atoms with Gasteiger partial charge in [0.2, 0.25) is 17.7 Å². The van der Waals surface area contributed by atoms with E-state index in [2.05, 4.69) is 41.2 Å². The smallest absolute Gasteiger partial charge is 0.326 e. The maximum atomic E-state index is 12.3. The minimum absolute atomic E-state index is 0.0119. The molecule has 0 aliphatic rings. The molecule has 10 nitrogen and oxygen atoms in total. The first-order valence-corrected chi connectivity index (χ1v) is 9.75. The van der Waals surface area contributed by atoms with Crippen LogP contribution in [0.5, 0.6) is 0 Å². The predicted molar refractivity (Wildman–Crippen MR) is 108 cm³/mol. The Kier molecular flexibility index (Phi) is 12.9. The molecule has 0 radical (unpaired) electrons. The van der Waals surface area contributed by atoms with Gasteiger partial charge >= 0.3 is 5.97 Å². The van der Waals surface area contributed by atoms with Crippen LogP contribution in [-0.2, 0) is 19.2 Å². The molecule has 0 bridgehead atoms. The third-order valence-corrected chi connectivity index (χ3v) is 4.34. The molecule has 0 aromatic heterocycles. The van der Waals surface area contributed by atoms with E-state index in [1.54, 1.807) is 0 Å². The molecule has 4 atom stereocenters. The maximum absolute atomic E-state index is 12.3. The summed E-state index contributed by atoms with van der Waals surface area (Å²) in [4.78, 5) is 47.5. The number of hydrogen-bond acceptors (Lipinski definition) is 8. The van der Waals surface area contributed by atoms with Crippen LogP contribution in [0.25, 0.3) is 0 Å². The van der Waals surface area contributed by atoms with Gasteiger partial charge in [-0.25, -0.2) is 4.79 Å². The fourth-order valence-electron chi connectivity index (χ4n) is 1.99. The molecule has 0 saturated carbocycles. The number of nitrogens with one attached hydrogen (secondary N) is 3. The average Bonchev–Trinajstić information content (AvgIpc) is 2.62. The zero-order valence-electron chi connectivity index (χ0n) is 15.2. The van der Waals surface area contributed by atoms with Gasteiger partial charge in [0.25, 0.3) is 0 Å². The third kappa shape index (κ3) is 9.84. The number of carbonyl (C=O) groups is 4. The number of carboxylic acids is 1. The third-order valence-electron chi connectivity index (χ3n) is 3.61. The Hall–Kier alpha value is -1.50. The summed E-state index contributed by atoms with van der Waals surface area (Å²) in [5.74, 6) is -3.13. The van der Waals surface area contributed by atoms with Crippen molar-refractivity contribution in [3.8, 4) is 0 Å². The molecule has 0 heterocycles. The number of unbranched alkanes of at least 4 members (excludes halogenated alkanes) is 1. The van der Waals surface area contributed by atoms with Crippen LogP contribution < -0.4 is 27.4 Å². The molecule has 8 N–H and O–H groups in total. The molecule has 12 heteroatoms. The summed E-state index contributed by atoms with van der Waals surface area (Å²) in [6.07, 6.45) is 1.39. The van der Waals surface area contributed by atoms with Crippen LogP contribution in [0.1, 0.15) is 26.2 Å². The fraction of sp³-hybridized carbons (Fsp3) is 0.733. The zero-order chi connectivity index (χ0) is 21.0. The number of carbonyl (C=O) groups excluding carboxylic acids is 3. The second kappa shape index (κ2) is 13.6. The molecule has 0 rings (SSSR count). The van der Waals surface area contributed by atoms with Crippen molar-refractivity contribution in [1.29, 1.82) is 0 Å². The van der Waals surface area contributed by atoms with Gasteiger partial charge in [0.15, 0.2) is 0 Å². The number of rotatable bonds is 13. The molecule has 0 fully saturated rings. The molecular formula is C15H29N5O5S2. The Bertz CT molecular complexity index is 521. The lowest BCUT2D eigenvalue weighted by Gasteiger charge is -2.23. The summed E-state index contributed by atoms with van der Waals surface area (Å²) in [5, 5.41) is 16.4. The predicted octanol–water partition coefficient (Wildman–Crippen LogP) is -2.14. The van der Waals surface area contributed by atoms with Gasteiger partial charge in [0.1, 0.15) is 18.1 Å². The van der Waals surface area contributed by atoms with Gasteiger partial charge in [0, 0.05) is 11.5 Å². The van der Waals surface area contributed by atoms with Crippen molar-refractivity contribution in [1.82, 2.24) is 16.0 Å². The van der Waals surface area contributed by atoms with Crippen LogP contribution in [0.15, 0.2) is 0 Å². The van der Waals surface area contributed by atoms with Gasteiger partial charge in [-0.1, -0.05) is 0 Å². The minimum Gasteiger partial charge on any atom is -0.480 e. The standard InChI is InChI=1S/C15H29N5O5S2/c1-8(17)12(21)19-10(6-26)14(23)20-11(7-27)13(22)18-9(15(24)25)4-2-3-5-16/h8-11,26-27H,2-7,16-17H2,1H3,(H,18,22)(H,19,21)(H,20,23)(H,24,25). The van der Waals surface area contributed by atoms with Crippen LogP contribution in [0, 0.1) is 0 Å². The van der Waals surface area contributed by atoms with Gasteiger partial charge in [-0.15, -0.1) is 0 Å². The average molecular weight is 424 g/mol. The van der Waals surface area contributed by atoms with Crippen molar-refractivity contribution in [3.05, 3.63) is 0 Å². The molecule has 0 saturated heterocycles. The molecule has 3 amide bonds. The quantitative estimate of drug-likeness (QED) is 0.123. The molecule has 27 heavy (non-hydrogen) atoms. The lowest BCUT2D eigenvalue weighted by Crippen LogP contribution is -2.58. The van der Waals surface area contributed by atoms with Crippen molar-refractivity contribution in [2.75, 3.05) is 18.1 Å². The Labute approximate surface area is 169 Å². The number of thiol groups is 2. The second-order valence-corrected chi connectivity index (χ2v) is 6.69. The molecule has 0 aliphatic carbocycles. The zero-order valence-corrected chi connectivity index (χ0v) is 17.0. The lowest BCUT2D eigenvalue weighted by molar-refractivity contribution is -0.142. The molecule has 4 unspecified atom stereocenters. The highest BCUT2D eigenvalue weighted by molar-refractivity contribution is 7.80. The maximum Gasteiger partial charge on any atom is 0.326 e.